The number of amides is 2. The van der Waals surface area contributed by atoms with Crippen molar-refractivity contribution in [1.29, 1.82) is 0 Å². The number of likely N-dealkylation sites (tertiary alicyclic amines) is 1. The van der Waals surface area contributed by atoms with E-state index in [1.165, 1.54) is 5.56 Å². The van der Waals surface area contributed by atoms with Crippen molar-refractivity contribution in [3.63, 3.8) is 0 Å². The Labute approximate surface area is 173 Å². The Hall–Kier alpha value is -2.66. The van der Waals surface area contributed by atoms with Crippen LogP contribution in [0.2, 0.25) is 0 Å². The fraction of sp³-hybridized carbons (Fsp3) is 0.417. The van der Waals surface area contributed by atoms with Crippen molar-refractivity contribution in [3.05, 3.63) is 71.3 Å². The van der Waals surface area contributed by atoms with Crippen LogP contribution < -0.4 is 5.32 Å². The molecule has 0 spiro atoms. The molecule has 1 N–H and O–H groups in total. The summed E-state index contributed by atoms with van der Waals surface area (Å²) in [5.74, 6) is -0.119. The molecule has 1 heterocycles. The highest BCUT2D eigenvalue weighted by Gasteiger charge is 2.35. The number of carbonyl (C=O) groups excluding carboxylic acids is 2. The van der Waals surface area contributed by atoms with Crippen LogP contribution in [0, 0.1) is 12.8 Å². The van der Waals surface area contributed by atoms with Crippen LogP contribution in [0.15, 0.2) is 54.6 Å². The summed E-state index contributed by atoms with van der Waals surface area (Å²) in [5, 5.41) is 2.92. The van der Waals surface area contributed by atoms with Gasteiger partial charge in [0.05, 0.1) is 25.0 Å². The number of hydrogen-bond acceptors (Lipinski definition) is 3. The van der Waals surface area contributed by atoms with Crippen LogP contribution in [-0.4, -0.2) is 43.5 Å². The molecular weight excluding hydrogens is 364 g/mol. The first-order chi connectivity index (χ1) is 14.1. The van der Waals surface area contributed by atoms with Gasteiger partial charge in [-0.15, -0.1) is 0 Å². The van der Waals surface area contributed by atoms with E-state index in [4.69, 9.17) is 4.74 Å². The number of carbonyl (C=O) groups is 2. The van der Waals surface area contributed by atoms with E-state index in [0.29, 0.717) is 26.1 Å². The molecule has 0 radical (unpaired) electrons. The van der Waals surface area contributed by atoms with Gasteiger partial charge in [-0.2, -0.15) is 0 Å². The fourth-order valence-corrected chi connectivity index (χ4v) is 3.98. The van der Waals surface area contributed by atoms with Crippen LogP contribution in [0.25, 0.3) is 0 Å². The molecule has 2 aromatic carbocycles. The van der Waals surface area contributed by atoms with Gasteiger partial charge in [-0.05, 0) is 30.9 Å². The SMILES string of the molecule is COCCNC(=O)[C@H]1CC[C@H](c2cccc(C)c2)N(C(=O)Cc2ccccc2)C1. The molecule has 2 aromatic rings. The van der Waals surface area contributed by atoms with Gasteiger partial charge in [0.15, 0.2) is 0 Å². The van der Waals surface area contributed by atoms with E-state index in [-0.39, 0.29) is 23.8 Å². The number of benzene rings is 2. The molecule has 1 aliphatic rings. The maximum absolute atomic E-state index is 13.2. The van der Waals surface area contributed by atoms with E-state index < -0.39 is 0 Å². The summed E-state index contributed by atoms with van der Waals surface area (Å²) in [6, 6.07) is 18.1. The summed E-state index contributed by atoms with van der Waals surface area (Å²) in [6.07, 6.45) is 1.90. The van der Waals surface area contributed by atoms with Crippen molar-refractivity contribution in [2.75, 3.05) is 26.8 Å². The molecular formula is C24H30N2O3. The van der Waals surface area contributed by atoms with Gasteiger partial charge in [0.25, 0.3) is 0 Å². The highest BCUT2D eigenvalue weighted by atomic mass is 16.5. The normalized spacial score (nSPS) is 19.0. The Morgan fingerprint density at radius 3 is 2.62 bits per heavy atom. The summed E-state index contributed by atoms with van der Waals surface area (Å²) in [6.45, 7) is 3.49. The zero-order valence-corrected chi connectivity index (χ0v) is 17.3. The highest BCUT2D eigenvalue weighted by Crippen LogP contribution is 2.34. The monoisotopic (exact) mass is 394 g/mol. The quantitative estimate of drug-likeness (QED) is 0.733. The zero-order chi connectivity index (χ0) is 20.6. The lowest BCUT2D eigenvalue weighted by Gasteiger charge is -2.39. The number of rotatable bonds is 7. The van der Waals surface area contributed by atoms with E-state index in [9.17, 15) is 9.59 Å². The maximum atomic E-state index is 13.2. The van der Waals surface area contributed by atoms with Crippen molar-refractivity contribution < 1.29 is 14.3 Å². The van der Waals surface area contributed by atoms with Gasteiger partial charge in [0.1, 0.15) is 0 Å². The second kappa shape index (κ2) is 10.2. The van der Waals surface area contributed by atoms with E-state index in [1.54, 1.807) is 7.11 Å². The minimum absolute atomic E-state index is 0.00209. The van der Waals surface area contributed by atoms with Crippen molar-refractivity contribution >= 4 is 11.8 Å². The molecule has 2 amide bonds. The second-order valence-corrected chi connectivity index (χ2v) is 7.70. The van der Waals surface area contributed by atoms with Crippen molar-refractivity contribution in [3.8, 4) is 0 Å². The first-order valence-electron chi connectivity index (χ1n) is 10.2. The topological polar surface area (TPSA) is 58.6 Å². The Morgan fingerprint density at radius 2 is 1.90 bits per heavy atom. The second-order valence-electron chi connectivity index (χ2n) is 7.70. The lowest BCUT2D eigenvalue weighted by Crippen LogP contribution is -2.47. The first kappa shape index (κ1) is 21.1. The molecule has 154 valence electrons. The van der Waals surface area contributed by atoms with E-state index >= 15 is 0 Å². The number of aryl methyl sites for hydroxylation is 1. The Bertz CT molecular complexity index is 822. The predicted octanol–water partition coefficient (Wildman–Crippen LogP) is 3.28. The van der Waals surface area contributed by atoms with Gasteiger partial charge in [0, 0.05) is 20.2 Å². The summed E-state index contributed by atoms with van der Waals surface area (Å²) >= 11 is 0. The number of hydrogen-bond donors (Lipinski definition) is 1. The number of nitrogens with zero attached hydrogens (tertiary/aromatic N) is 1. The van der Waals surface area contributed by atoms with Gasteiger partial charge in [0.2, 0.25) is 11.8 Å². The summed E-state index contributed by atoms with van der Waals surface area (Å²) in [4.78, 5) is 27.7. The summed E-state index contributed by atoms with van der Waals surface area (Å²) in [5.41, 5.74) is 3.31. The fourth-order valence-electron chi connectivity index (χ4n) is 3.98. The average molecular weight is 395 g/mol. The van der Waals surface area contributed by atoms with Crippen molar-refractivity contribution in [2.24, 2.45) is 5.92 Å². The highest BCUT2D eigenvalue weighted by molar-refractivity contribution is 5.82. The largest absolute Gasteiger partial charge is 0.383 e. The average Bonchev–Trinajstić information content (AvgIpc) is 2.74. The van der Waals surface area contributed by atoms with Crippen LogP contribution in [-0.2, 0) is 20.7 Å². The lowest BCUT2D eigenvalue weighted by atomic mass is 9.87. The van der Waals surface area contributed by atoms with Gasteiger partial charge in [-0.3, -0.25) is 9.59 Å². The van der Waals surface area contributed by atoms with Crippen LogP contribution in [0.4, 0.5) is 0 Å². The van der Waals surface area contributed by atoms with Gasteiger partial charge < -0.3 is 15.0 Å². The lowest BCUT2D eigenvalue weighted by molar-refractivity contribution is -0.138. The van der Waals surface area contributed by atoms with E-state index in [2.05, 4.69) is 30.4 Å². The Kier molecular flexibility index (Phi) is 7.42. The zero-order valence-electron chi connectivity index (χ0n) is 17.3. The van der Waals surface area contributed by atoms with E-state index in [0.717, 1.165) is 24.0 Å². The van der Waals surface area contributed by atoms with Crippen LogP contribution in [0.1, 0.15) is 35.6 Å². The van der Waals surface area contributed by atoms with Gasteiger partial charge in [-0.1, -0.05) is 60.2 Å². The summed E-state index contributed by atoms with van der Waals surface area (Å²) in [7, 11) is 1.61. The molecule has 0 aliphatic carbocycles. The molecule has 1 saturated heterocycles. The van der Waals surface area contributed by atoms with Gasteiger partial charge in [-0.25, -0.2) is 0 Å². The molecule has 1 aliphatic heterocycles. The summed E-state index contributed by atoms with van der Waals surface area (Å²) < 4.78 is 5.01. The molecule has 5 heteroatoms. The van der Waals surface area contributed by atoms with Crippen LogP contribution in [0.3, 0.4) is 0 Å². The molecule has 5 nitrogen and oxygen atoms in total. The van der Waals surface area contributed by atoms with Crippen LogP contribution >= 0.6 is 0 Å². The Balaban J connectivity index is 1.77. The molecule has 0 aromatic heterocycles. The third-order valence-electron chi connectivity index (χ3n) is 5.50. The molecule has 0 bridgehead atoms. The molecule has 0 unspecified atom stereocenters. The third-order valence-corrected chi connectivity index (χ3v) is 5.50. The molecule has 1 fully saturated rings. The standard InChI is InChI=1S/C24H30N2O3/c1-18-7-6-10-20(15-18)22-12-11-21(24(28)25-13-14-29-2)17-26(22)23(27)16-19-8-4-3-5-9-19/h3-10,15,21-22H,11-14,16-17H2,1-2H3,(H,25,28)/t21-,22+/m0/s1. The third kappa shape index (κ3) is 5.67. The molecule has 3 rings (SSSR count). The Morgan fingerprint density at radius 1 is 1.10 bits per heavy atom. The van der Waals surface area contributed by atoms with Crippen LogP contribution in [0.5, 0.6) is 0 Å². The van der Waals surface area contributed by atoms with E-state index in [1.807, 2.05) is 41.3 Å². The molecule has 2 atom stereocenters. The first-order valence-corrected chi connectivity index (χ1v) is 10.2. The molecule has 0 saturated carbocycles. The number of nitrogens with one attached hydrogen (secondary N) is 1. The number of methoxy groups -OCH3 is 1. The van der Waals surface area contributed by atoms with Crippen molar-refractivity contribution in [1.82, 2.24) is 10.2 Å². The molecule has 29 heavy (non-hydrogen) atoms. The predicted molar refractivity (Wildman–Crippen MR) is 113 cm³/mol. The number of ether oxygens (including phenoxy) is 1. The maximum Gasteiger partial charge on any atom is 0.227 e. The van der Waals surface area contributed by atoms with Gasteiger partial charge >= 0.3 is 0 Å². The smallest absolute Gasteiger partial charge is 0.227 e. The minimum Gasteiger partial charge on any atom is -0.383 e. The van der Waals surface area contributed by atoms with Crippen molar-refractivity contribution in [2.45, 2.75) is 32.2 Å². The number of piperidine rings is 1. The minimum atomic E-state index is -0.187.